The Morgan fingerprint density at radius 1 is 1.18 bits per heavy atom. The first-order valence-corrected chi connectivity index (χ1v) is 9.87. The summed E-state index contributed by atoms with van der Waals surface area (Å²) in [6, 6.07) is 11.9. The quantitative estimate of drug-likeness (QED) is 0.407. The molecule has 0 aliphatic carbocycles. The van der Waals surface area contributed by atoms with Gasteiger partial charge in [-0.25, -0.2) is 9.67 Å². The van der Waals surface area contributed by atoms with Crippen LogP contribution in [0.1, 0.15) is 5.69 Å². The lowest BCUT2D eigenvalue weighted by atomic mass is 10.1. The van der Waals surface area contributed by atoms with Crippen LogP contribution in [0.4, 0.5) is 0 Å². The fraction of sp³-hybridized carbons (Fsp3) is 0.200. The van der Waals surface area contributed by atoms with Gasteiger partial charge in [0.25, 0.3) is 0 Å². The number of rotatable bonds is 5. The second kappa shape index (κ2) is 7.70. The van der Waals surface area contributed by atoms with Gasteiger partial charge in [-0.1, -0.05) is 6.07 Å². The van der Waals surface area contributed by atoms with E-state index in [2.05, 4.69) is 43.7 Å². The van der Waals surface area contributed by atoms with Crippen LogP contribution < -0.4 is 0 Å². The Balaban J connectivity index is 1.62. The molecule has 7 nitrogen and oxygen atoms in total. The zero-order valence-electron chi connectivity index (χ0n) is 15.6. The summed E-state index contributed by atoms with van der Waals surface area (Å²) in [6.45, 7) is 0.902. The number of aromatic nitrogens is 5. The van der Waals surface area contributed by atoms with Gasteiger partial charge < -0.3 is 9.47 Å². The Kier molecular flexibility index (Phi) is 5.12. The summed E-state index contributed by atoms with van der Waals surface area (Å²) in [6.07, 6.45) is 5.50. The minimum Gasteiger partial charge on any atom is -0.347 e. The van der Waals surface area contributed by atoms with Gasteiger partial charge in [-0.05, 0) is 52.9 Å². The van der Waals surface area contributed by atoms with Gasteiger partial charge in [-0.3, -0.25) is 9.78 Å². The number of fused-ring (bicyclic) bond motifs is 1. The number of carbonyl (C=O) groups is 1. The topological polar surface area (TPSA) is 68.8 Å². The molecule has 4 aromatic rings. The normalized spacial score (nSPS) is 11.1. The van der Waals surface area contributed by atoms with Crippen LogP contribution in [0.5, 0.6) is 0 Å². The number of pyridine rings is 1. The highest BCUT2D eigenvalue weighted by atomic mass is 127. The van der Waals surface area contributed by atoms with Crippen molar-refractivity contribution in [3.8, 4) is 11.4 Å². The van der Waals surface area contributed by atoms with Crippen LogP contribution in [0.3, 0.4) is 0 Å². The van der Waals surface area contributed by atoms with Gasteiger partial charge in [0, 0.05) is 46.5 Å². The molecule has 0 atom stereocenters. The molecule has 0 spiro atoms. The lowest BCUT2D eigenvalue weighted by molar-refractivity contribution is -0.129. The second-order valence-electron chi connectivity index (χ2n) is 6.71. The van der Waals surface area contributed by atoms with Gasteiger partial charge in [0.05, 0.1) is 12.2 Å². The van der Waals surface area contributed by atoms with E-state index >= 15 is 0 Å². The smallest absolute Gasteiger partial charge is 0.241 e. The Bertz CT molecular complexity index is 1130. The van der Waals surface area contributed by atoms with Crippen molar-refractivity contribution < 1.29 is 4.79 Å². The van der Waals surface area contributed by atoms with Gasteiger partial charge in [-0.2, -0.15) is 5.10 Å². The Labute approximate surface area is 176 Å². The van der Waals surface area contributed by atoms with E-state index in [-0.39, 0.29) is 5.91 Å². The maximum atomic E-state index is 12.1. The third kappa shape index (κ3) is 3.77. The van der Waals surface area contributed by atoms with E-state index in [0.717, 1.165) is 25.7 Å². The maximum absolute atomic E-state index is 12.1. The van der Waals surface area contributed by atoms with Crippen molar-refractivity contribution in [1.29, 1.82) is 0 Å². The van der Waals surface area contributed by atoms with Crippen LogP contribution >= 0.6 is 22.6 Å². The van der Waals surface area contributed by atoms with Crippen LogP contribution in [-0.4, -0.2) is 49.2 Å². The molecule has 3 heterocycles. The molecule has 0 saturated heterocycles. The third-order valence-electron chi connectivity index (χ3n) is 4.48. The molecule has 0 aliphatic rings. The van der Waals surface area contributed by atoms with E-state index in [4.69, 9.17) is 0 Å². The minimum absolute atomic E-state index is 0.0623. The summed E-state index contributed by atoms with van der Waals surface area (Å²) in [5.74, 6) is 0.734. The van der Waals surface area contributed by atoms with E-state index in [1.54, 1.807) is 36.2 Å². The first-order chi connectivity index (χ1) is 13.5. The lowest BCUT2D eigenvalue weighted by Gasteiger charge is -2.11. The summed E-state index contributed by atoms with van der Waals surface area (Å²) in [4.78, 5) is 22.5. The molecule has 0 bridgehead atoms. The average Bonchev–Trinajstić information content (AvgIpc) is 3.27. The largest absolute Gasteiger partial charge is 0.347 e. The van der Waals surface area contributed by atoms with E-state index in [0.29, 0.717) is 18.9 Å². The molecule has 1 aromatic carbocycles. The average molecular weight is 486 g/mol. The zero-order chi connectivity index (χ0) is 19.7. The summed E-state index contributed by atoms with van der Waals surface area (Å²) in [5, 5.41) is 5.67. The van der Waals surface area contributed by atoms with Gasteiger partial charge in [0.1, 0.15) is 12.9 Å². The van der Waals surface area contributed by atoms with Crippen LogP contribution in [0.25, 0.3) is 22.3 Å². The number of nitrogens with zero attached hydrogens (tertiary/aromatic N) is 6. The first-order valence-electron chi connectivity index (χ1n) is 8.79. The molecule has 0 N–H and O–H groups in total. The Morgan fingerprint density at radius 2 is 2.04 bits per heavy atom. The third-order valence-corrected chi connectivity index (χ3v) is 5.34. The number of hydrogen-bond acceptors (Lipinski definition) is 4. The van der Waals surface area contributed by atoms with Crippen LogP contribution in [-0.2, 0) is 17.9 Å². The van der Waals surface area contributed by atoms with Crippen LogP contribution in [0, 0.1) is 3.57 Å². The molecule has 0 fully saturated rings. The van der Waals surface area contributed by atoms with Gasteiger partial charge in [0.2, 0.25) is 5.91 Å². The van der Waals surface area contributed by atoms with Crippen molar-refractivity contribution in [2.75, 3.05) is 14.1 Å². The Hall–Kier alpha value is -2.75. The van der Waals surface area contributed by atoms with Crippen molar-refractivity contribution >= 4 is 39.4 Å². The predicted molar refractivity (Wildman–Crippen MR) is 116 cm³/mol. The SMILES string of the molecule is CN(C)C(=O)Cn1cc(I)c2cc(-c3ncn(Cc4ccccn4)n3)ccc21. The molecule has 142 valence electrons. The molecule has 0 unspecified atom stereocenters. The molecule has 8 heteroatoms. The molecule has 28 heavy (non-hydrogen) atoms. The first kappa shape index (κ1) is 18.6. The number of likely N-dealkylation sites (N-methyl/N-ethyl adjacent to an activating group) is 1. The van der Waals surface area contributed by atoms with E-state index in [9.17, 15) is 4.79 Å². The highest BCUT2D eigenvalue weighted by Gasteiger charge is 2.13. The number of benzene rings is 1. The molecular weight excluding hydrogens is 467 g/mol. The fourth-order valence-electron chi connectivity index (χ4n) is 2.97. The number of carbonyl (C=O) groups excluding carboxylic acids is 1. The van der Waals surface area contributed by atoms with Crippen molar-refractivity contribution in [1.82, 2.24) is 29.2 Å². The molecule has 3 aromatic heterocycles. The molecule has 0 radical (unpaired) electrons. The van der Waals surface area contributed by atoms with Crippen molar-refractivity contribution in [2.45, 2.75) is 13.1 Å². The number of halogens is 1. The van der Waals surface area contributed by atoms with Crippen molar-refractivity contribution in [2.24, 2.45) is 0 Å². The predicted octanol–water partition coefficient (Wildman–Crippen LogP) is 3.04. The molecule has 1 amide bonds. The Morgan fingerprint density at radius 3 is 2.79 bits per heavy atom. The lowest BCUT2D eigenvalue weighted by Crippen LogP contribution is -2.25. The zero-order valence-corrected chi connectivity index (χ0v) is 17.7. The maximum Gasteiger partial charge on any atom is 0.241 e. The van der Waals surface area contributed by atoms with E-state index in [1.807, 2.05) is 41.1 Å². The summed E-state index contributed by atoms with van der Waals surface area (Å²) < 4.78 is 4.86. The summed E-state index contributed by atoms with van der Waals surface area (Å²) >= 11 is 2.30. The monoisotopic (exact) mass is 486 g/mol. The van der Waals surface area contributed by atoms with Gasteiger partial charge >= 0.3 is 0 Å². The van der Waals surface area contributed by atoms with Gasteiger partial charge in [-0.15, -0.1) is 0 Å². The van der Waals surface area contributed by atoms with E-state index < -0.39 is 0 Å². The molecule has 0 saturated carbocycles. The fourth-order valence-corrected chi connectivity index (χ4v) is 3.74. The second-order valence-corrected chi connectivity index (χ2v) is 7.87. The molecule has 4 rings (SSSR count). The van der Waals surface area contributed by atoms with E-state index in [1.165, 1.54) is 0 Å². The standard InChI is InChI=1S/C20H19IN6O/c1-25(2)19(28)12-26-11-17(21)16-9-14(6-7-18(16)26)20-23-13-27(24-20)10-15-5-3-4-8-22-15/h3-9,11,13H,10,12H2,1-2H3. The molecular formula is C20H19IN6O. The molecule has 0 aliphatic heterocycles. The minimum atomic E-state index is 0.0623. The highest BCUT2D eigenvalue weighted by Crippen LogP contribution is 2.27. The van der Waals surface area contributed by atoms with Gasteiger partial charge in [0.15, 0.2) is 5.82 Å². The van der Waals surface area contributed by atoms with Crippen LogP contribution in [0.2, 0.25) is 0 Å². The highest BCUT2D eigenvalue weighted by molar-refractivity contribution is 14.1. The van der Waals surface area contributed by atoms with Crippen LogP contribution in [0.15, 0.2) is 55.1 Å². The summed E-state index contributed by atoms with van der Waals surface area (Å²) in [5.41, 5.74) is 2.91. The number of amides is 1. The van der Waals surface area contributed by atoms with Crippen molar-refractivity contribution in [3.05, 3.63) is 64.4 Å². The van der Waals surface area contributed by atoms with Crippen molar-refractivity contribution in [3.63, 3.8) is 0 Å². The summed E-state index contributed by atoms with van der Waals surface area (Å²) in [7, 11) is 3.54. The number of hydrogen-bond donors (Lipinski definition) is 0.